The Bertz CT molecular complexity index is 592. The van der Waals surface area contributed by atoms with E-state index in [-0.39, 0.29) is 12.1 Å². The molecule has 2 aliphatic heterocycles. The lowest BCUT2D eigenvalue weighted by Crippen LogP contribution is -2.41. The standard InChI is InChI=1S/C14H17NO2S/c1-11-4-2-7-14(10-11)18(16,17)15-12-5-3-6-13(15)9-8-12/h2-5,7,10,12-13H,6,8-9H2,1H3. The minimum atomic E-state index is -3.34. The van der Waals surface area contributed by atoms with E-state index in [0.717, 1.165) is 24.8 Å². The number of hydrogen-bond donors (Lipinski definition) is 0. The van der Waals surface area contributed by atoms with E-state index in [9.17, 15) is 8.42 Å². The maximum atomic E-state index is 12.7. The lowest BCUT2D eigenvalue weighted by Gasteiger charge is -2.30. The molecule has 96 valence electrons. The van der Waals surface area contributed by atoms with E-state index >= 15 is 0 Å². The topological polar surface area (TPSA) is 37.4 Å². The van der Waals surface area contributed by atoms with Gasteiger partial charge in [0.15, 0.2) is 0 Å². The maximum absolute atomic E-state index is 12.7. The zero-order valence-corrected chi connectivity index (χ0v) is 11.2. The average Bonchev–Trinajstić information content (AvgIpc) is 2.61. The van der Waals surface area contributed by atoms with E-state index in [4.69, 9.17) is 0 Å². The average molecular weight is 263 g/mol. The van der Waals surface area contributed by atoms with Crippen molar-refractivity contribution in [3.05, 3.63) is 42.0 Å². The first-order valence-corrected chi connectivity index (χ1v) is 7.80. The first-order chi connectivity index (χ1) is 8.59. The highest BCUT2D eigenvalue weighted by Gasteiger charge is 2.42. The monoisotopic (exact) mass is 263 g/mol. The first kappa shape index (κ1) is 11.9. The first-order valence-electron chi connectivity index (χ1n) is 6.36. The third kappa shape index (κ3) is 1.80. The molecule has 2 bridgehead atoms. The molecule has 0 saturated carbocycles. The Hall–Kier alpha value is -1.13. The van der Waals surface area contributed by atoms with E-state index < -0.39 is 10.0 Å². The molecule has 2 unspecified atom stereocenters. The molecule has 3 nitrogen and oxygen atoms in total. The number of hydrogen-bond acceptors (Lipinski definition) is 2. The van der Waals surface area contributed by atoms with Crippen molar-refractivity contribution in [2.45, 2.75) is 43.2 Å². The molecule has 2 aliphatic rings. The SMILES string of the molecule is Cc1cccc(S(=O)(=O)N2C3C=CCC2CC3)c1. The van der Waals surface area contributed by atoms with Gasteiger partial charge in [-0.25, -0.2) is 8.42 Å². The second kappa shape index (κ2) is 4.21. The zero-order chi connectivity index (χ0) is 12.8. The van der Waals surface area contributed by atoms with E-state index in [1.165, 1.54) is 0 Å². The van der Waals surface area contributed by atoms with Crippen LogP contribution in [0.5, 0.6) is 0 Å². The Kier molecular flexibility index (Phi) is 2.79. The normalized spacial score (nSPS) is 27.6. The van der Waals surface area contributed by atoms with E-state index in [0.29, 0.717) is 4.90 Å². The van der Waals surface area contributed by atoms with Gasteiger partial charge in [0, 0.05) is 12.1 Å². The van der Waals surface area contributed by atoms with E-state index in [1.807, 2.05) is 25.1 Å². The second-order valence-electron chi connectivity index (χ2n) is 5.11. The molecule has 0 amide bonds. The van der Waals surface area contributed by atoms with Crippen LogP contribution in [-0.2, 0) is 10.0 Å². The second-order valence-corrected chi connectivity index (χ2v) is 6.96. The van der Waals surface area contributed by atoms with Crippen LogP contribution in [0.1, 0.15) is 24.8 Å². The quantitative estimate of drug-likeness (QED) is 0.769. The molecule has 3 rings (SSSR count). The van der Waals surface area contributed by atoms with E-state index in [2.05, 4.69) is 6.08 Å². The predicted molar refractivity (Wildman–Crippen MR) is 70.8 cm³/mol. The lowest BCUT2D eigenvalue weighted by molar-refractivity contribution is 0.341. The molecule has 18 heavy (non-hydrogen) atoms. The maximum Gasteiger partial charge on any atom is 0.243 e. The van der Waals surface area contributed by atoms with Gasteiger partial charge < -0.3 is 0 Å². The predicted octanol–water partition coefficient (Wildman–Crippen LogP) is 2.48. The molecule has 0 aliphatic carbocycles. The van der Waals surface area contributed by atoms with Gasteiger partial charge in [-0.15, -0.1) is 0 Å². The molecule has 1 saturated heterocycles. The van der Waals surface area contributed by atoms with Crippen LogP contribution in [0.4, 0.5) is 0 Å². The fourth-order valence-corrected chi connectivity index (χ4v) is 4.90. The molecule has 0 spiro atoms. The number of nitrogens with zero attached hydrogens (tertiary/aromatic N) is 1. The minimum absolute atomic E-state index is 0.0641. The summed E-state index contributed by atoms with van der Waals surface area (Å²) in [7, 11) is -3.34. The Morgan fingerprint density at radius 1 is 1.28 bits per heavy atom. The molecule has 2 heterocycles. The molecular formula is C14H17NO2S. The molecule has 1 aromatic rings. The van der Waals surface area contributed by atoms with Crippen molar-refractivity contribution in [1.82, 2.24) is 4.31 Å². The third-order valence-electron chi connectivity index (χ3n) is 3.81. The molecule has 1 fully saturated rings. The van der Waals surface area contributed by atoms with Crippen LogP contribution in [0, 0.1) is 6.92 Å². The summed E-state index contributed by atoms with van der Waals surface area (Å²) in [4.78, 5) is 0.426. The highest BCUT2D eigenvalue weighted by Crippen LogP contribution is 2.36. The summed E-state index contributed by atoms with van der Waals surface area (Å²) in [6.07, 6.45) is 6.93. The fraction of sp³-hybridized carbons (Fsp3) is 0.429. The molecular weight excluding hydrogens is 246 g/mol. The number of sulfonamides is 1. The van der Waals surface area contributed by atoms with Crippen molar-refractivity contribution in [2.75, 3.05) is 0 Å². The van der Waals surface area contributed by atoms with Gasteiger partial charge in [-0.2, -0.15) is 4.31 Å². The smallest absolute Gasteiger partial charge is 0.207 e. The molecule has 2 atom stereocenters. The summed E-state index contributed by atoms with van der Waals surface area (Å²) in [6, 6.07) is 7.40. The molecule has 1 aromatic carbocycles. The number of aryl methyl sites for hydroxylation is 1. The summed E-state index contributed by atoms with van der Waals surface area (Å²) in [5, 5.41) is 0. The van der Waals surface area contributed by atoms with Gasteiger partial charge >= 0.3 is 0 Å². The van der Waals surface area contributed by atoms with Crippen molar-refractivity contribution in [2.24, 2.45) is 0 Å². The van der Waals surface area contributed by atoms with Crippen molar-refractivity contribution in [1.29, 1.82) is 0 Å². The van der Waals surface area contributed by atoms with Crippen molar-refractivity contribution in [3.63, 3.8) is 0 Å². The van der Waals surface area contributed by atoms with Gasteiger partial charge in [0.25, 0.3) is 0 Å². The summed E-state index contributed by atoms with van der Waals surface area (Å²) in [5.41, 5.74) is 0.982. The van der Waals surface area contributed by atoms with Crippen LogP contribution >= 0.6 is 0 Å². The Labute approximate surface area is 108 Å². The van der Waals surface area contributed by atoms with Crippen LogP contribution < -0.4 is 0 Å². The highest BCUT2D eigenvalue weighted by atomic mass is 32.2. The van der Waals surface area contributed by atoms with Crippen molar-refractivity contribution < 1.29 is 8.42 Å². The summed E-state index contributed by atoms with van der Waals surface area (Å²) in [6.45, 7) is 1.92. The van der Waals surface area contributed by atoms with Crippen LogP contribution in [-0.4, -0.2) is 24.8 Å². The van der Waals surface area contributed by atoms with Crippen LogP contribution in [0.25, 0.3) is 0 Å². The van der Waals surface area contributed by atoms with Gasteiger partial charge in [-0.1, -0.05) is 24.3 Å². The number of benzene rings is 1. The summed E-state index contributed by atoms with van der Waals surface area (Å²) in [5.74, 6) is 0. The highest BCUT2D eigenvalue weighted by molar-refractivity contribution is 7.89. The molecule has 0 N–H and O–H groups in total. The minimum Gasteiger partial charge on any atom is -0.207 e. The van der Waals surface area contributed by atoms with Gasteiger partial charge in [0.05, 0.1) is 4.90 Å². The number of rotatable bonds is 2. The Morgan fingerprint density at radius 2 is 2.11 bits per heavy atom. The van der Waals surface area contributed by atoms with Crippen LogP contribution in [0.2, 0.25) is 0 Å². The summed E-state index contributed by atoms with van der Waals surface area (Å²) < 4.78 is 27.1. The van der Waals surface area contributed by atoms with E-state index in [1.54, 1.807) is 16.4 Å². The van der Waals surface area contributed by atoms with Crippen molar-refractivity contribution >= 4 is 10.0 Å². The summed E-state index contributed by atoms with van der Waals surface area (Å²) >= 11 is 0. The number of fused-ring (bicyclic) bond motifs is 2. The molecule has 4 heteroatoms. The molecule has 0 radical (unpaired) electrons. The Morgan fingerprint density at radius 3 is 2.83 bits per heavy atom. The van der Waals surface area contributed by atoms with Crippen molar-refractivity contribution in [3.8, 4) is 0 Å². The third-order valence-corrected chi connectivity index (χ3v) is 5.79. The van der Waals surface area contributed by atoms with Crippen LogP contribution in [0.3, 0.4) is 0 Å². The van der Waals surface area contributed by atoms with Crippen LogP contribution in [0.15, 0.2) is 41.3 Å². The Balaban J connectivity index is 2.03. The van der Waals surface area contributed by atoms with Gasteiger partial charge in [-0.05, 0) is 43.9 Å². The zero-order valence-electron chi connectivity index (χ0n) is 10.4. The molecule has 0 aromatic heterocycles. The van der Waals surface area contributed by atoms with Gasteiger partial charge in [0.2, 0.25) is 10.0 Å². The van der Waals surface area contributed by atoms with Gasteiger partial charge in [0.1, 0.15) is 0 Å². The van der Waals surface area contributed by atoms with Gasteiger partial charge in [-0.3, -0.25) is 0 Å². The largest absolute Gasteiger partial charge is 0.243 e. The lowest BCUT2D eigenvalue weighted by atomic mass is 10.2. The fourth-order valence-electron chi connectivity index (χ4n) is 2.96.